The highest BCUT2D eigenvalue weighted by molar-refractivity contribution is 5.75. The van der Waals surface area contributed by atoms with Gasteiger partial charge in [-0.2, -0.15) is 0 Å². The van der Waals surface area contributed by atoms with Gasteiger partial charge in [-0.15, -0.1) is 0 Å². The molecule has 1 aliphatic rings. The summed E-state index contributed by atoms with van der Waals surface area (Å²) in [6.07, 6.45) is 4.11. The molecule has 92 valence electrons. The summed E-state index contributed by atoms with van der Waals surface area (Å²) in [6, 6.07) is 8.52. The zero-order valence-electron chi connectivity index (χ0n) is 10.9. The van der Waals surface area contributed by atoms with Crippen molar-refractivity contribution >= 4 is 0 Å². The number of aryl methyl sites for hydroxylation is 2. The third kappa shape index (κ3) is 1.78. The van der Waals surface area contributed by atoms with Crippen molar-refractivity contribution in [2.75, 3.05) is 6.61 Å². The van der Waals surface area contributed by atoms with E-state index in [0.717, 1.165) is 30.9 Å². The number of rotatable bonds is 1. The minimum Gasteiger partial charge on any atom is -0.493 e. The lowest BCUT2D eigenvalue weighted by atomic mass is 9.95. The average molecular weight is 239 g/mol. The van der Waals surface area contributed by atoms with Crippen molar-refractivity contribution in [1.29, 1.82) is 0 Å². The predicted octanol–water partition coefficient (Wildman–Crippen LogP) is 3.69. The first-order valence-corrected chi connectivity index (χ1v) is 6.44. The van der Waals surface area contributed by atoms with E-state index in [0.29, 0.717) is 0 Å². The van der Waals surface area contributed by atoms with Gasteiger partial charge in [0.05, 0.1) is 6.61 Å². The van der Waals surface area contributed by atoms with E-state index in [1.807, 2.05) is 6.20 Å². The van der Waals surface area contributed by atoms with Gasteiger partial charge in [0.25, 0.3) is 0 Å². The largest absolute Gasteiger partial charge is 0.493 e. The van der Waals surface area contributed by atoms with Crippen LogP contribution in [0.15, 0.2) is 30.5 Å². The molecule has 3 rings (SSSR count). The molecule has 0 spiro atoms. The zero-order chi connectivity index (χ0) is 12.5. The summed E-state index contributed by atoms with van der Waals surface area (Å²) in [5.41, 5.74) is 6.09. The molecule has 0 aliphatic carbocycles. The maximum Gasteiger partial charge on any atom is 0.130 e. The van der Waals surface area contributed by atoms with E-state index in [2.05, 4.69) is 43.1 Å². The van der Waals surface area contributed by atoms with Gasteiger partial charge >= 0.3 is 0 Å². The first-order valence-electron chi connectivity index (χ1n) is 6.44. The Labute approximate surface area is 108 Å². The van der Waals surface area contributed by atoms with E-state index < -0.39 is 0 Å². The van der Waals surface area contributed by atoms with Crippen LogP contribution >= 0.6 is 0 Å². The second-order valence-electron chi connectivity index (χ2n) is 4.81. The van der Waals surface area contributed by atoms with Gasteiger partial charge in [0, 0.05) is 17.5 Å². The number of ether oxygens (including phenoxy) is 1. The van der Waals surface area contributed by atoms with Crippen molar-refractivity contribution in [1.82, 2.24) is 4.98 Å². The molecule has 2 heterocycles. The molecule has 0 N–H and O–H groups in total. The maximum absolute atomic E-state index is 5.88. The van der Waals surface area contributed by atoms with E-state index in [1.165, 1.54) is 22.3 Å². The molecule has 0 saturated heterocycles. The first kappa shape index (κ1) is 11.3. The molecular formula is C16H17NO. The number of fused-ring (bicyclic) bond motifs is 1. The van der Waals surface area contributed by atoms with Crippen LogP contribution in [-0.2, 0) is 6.42 Å². The molecule has 0 radical (unpaired) electrons. The Kier molecular flexibility index (Phi) is 2.78. The van der Waals surface area contributed by atoms with Crippen molar-refractivity contribution in [2.45, 2.75) is 26.7 Å². The van der Waals surface area contributed by atoms with Gasteiger partial charge < -0.3 is 4.74 Å². The lowest BCUT2D eigenvalue weighted by molar-refractivity contribution is 0.289. The number of hydrogen-bond acceptors (Lipinski definition) is 2. The fourth-order valence-corrected chi connectivity index (χ4v) is 2.53. The molecule has 0 atom stereocenters. The summed E-state index contributed by atoms with van der Waals surface area (Å²) in [4.78, 5) is 4.34. The second kappa shape index (κ2) is 4.45. The third-order valence-electron chi connectivity index (χ3n) is 3.68. The molecule has 0 saturated carbocycles. The van der Waals surface area contributed by atoms with Gasteiger partial charge in [-0.25, -0.2) is 0 Å². The number of benzene rings is 1. The van der Waals surface area contributed by atoms with Crippen molar-refractivity contribution in [2.24, 2.45) is 0 Å². The van der Waals surface area contributed by atoms with Crippen LogP contribution in [0.4, 0.5) is 0 Å². The van der Waals surface area contributed by atoms with Crippen LogP contribution in [-0.4, -0.2) is 11.6 Å². The molecule has 1 aromatic heterocycles. The smallest absolute Gasteiger partial charge is 0.130 e. The number of pyridine rings is 1. The summed E-state index contributed by atoms with van der Waals surface area (Å²) in [6.45, 7) is 5.00. The number of para-hydroxylation sites is 1. The zero-order valence-corrected chi connectivity index (χ0v) is 10.9. The van der Waals surface area contributed by atoms with Crippen molar-refractivity contribution in [3.05, 3.63) is 47.3 Å². The predicted molar refractivity (Wildman–Crippen MR) is 73.0 cm³/mol. The number of nitrogens with zero attached hydrogens (tertiary/aromatic N) is 1. The fourth-order valence-electron chi connectivity index (χ4n) is 2.53. The van der Waals surface area contributed by atoms with Crippen molar-refractivity contribution in [3.63, 3.8) is 0 Å². The van der Waals surface area contributed by atoms with E-state index >= 15 is 0 Å². The van der Waals surface area contributed by atoms with E-state index in [4.69, 9.17) is 4.74 Å². The van der Waals surface area contributed by atoms with Gasteiger partial charge in [0.2, 0.25) is 0 Å². The van der Waals surface area contributed by atoms with Crippen molar-refractivity contribution < 1.29 is 4.74 Å². The third-order valence-corrected chi connectivity index (χ3v) is 3.68. The Bertz CT molecular complexity index is 590. The normalized spacial score (nSPS) is 13.9. The Morgan fingerprint density at radius 2 is 2.00 bits per heavy atom. The highest BCUT2D eigenvalue weighted by Crippen LogP contribution is 2.37. The molecule has 1 aliphatic heterocycles. The standard InChI is InChI=1S/C16H17NO/c1-11-12(2)17-9-8-14(11)15-7-3-5-13-6-4-10-18-16(13)15/h3,5,7-9H,4,6,10H2,1-2H3. The highest BCUT2D eigenvalue weighted by atomic mass is 16.5. The Hall–Kier alpha value is -1.83. The minimum absolute atomic E-state index is 0.827. The summed E-state index contributed by atoms with van der Waals surface area (Å²) in [7, 11) is 0. The van der Waals surface area contributed by atoms with E-state index in [1.54, 1.807) is 0 Å². The van der Waals surface area contributed by atoms with Gasteiger partial charge in [0.15, 0.2) is 0 Å². The molecule has 18 heavy (non-hydrogen) atoms. The first-order chi connectivity index (χ1) is 8.77. The van der Waals surface area contributed by atoms with E-state index in [-0.39, 0.29) is 0 Å². The SMILES string of the molecule is Cc1nccc(-c2cccc3c2OCCC3)c1C. The van der Waals surface area contributed by atoms with Crippen LogP contribution in [0.25, 0.3) is 11.1 Å². The van der Waals surface area contributed by atoms with Gasteiger partial charge in [-0.1, -0.05) is 18.2 Å². The fraction of sp³-hybridized carbons (Fsp3) is 0.312. The molecule has 0 unspecified atom stereocenters. The van der Waals surface area contributed by atoms with Crippen LogP contribution in [0.1, 0.15) is 23.2 Å². The average Bonchev–Trinajstić information content (AvgIpc) is 2.41. The quantitative estimate of drug-likeness (QED) is 0.757. The Morgan fingerprint density at radius 3 is 2.89 bits per heavy atom. The number of aromatic nitrogens is 1. The Balaban J connectivity index is 2.20. The van der Waals surface area contributed by atoms with Crippen LogP contribution < -0.4 is 4.74 Å². The van der Waals surface area contributed by atoms with Crippen LogP contribution in [0.2, 0.25) is 0 Å². The topological polar surface area (TPSA) is 22.1 Å². The van der Waals surface area contributed by atoms with Crippen molar-refractivity contribution in [3.8, 4) is 16.9 Å². The highest BCUT2D eigenvalue weighted by Gasteiger charge is 2.16. The number of hydrogen-bond donors (Lipinski definition) is 0. The van der Waals surface area contributed by atoms with Gasteiger partial charge in [-0.05, 0) is 49.4 Å². The summed E-state index contributed by atoms with van der Waals surface area (Å²) in [5.74, 6) is 1.07. The summed E-state index contributed by atoms with van der Waals surface area (Å²) < 4.78 is 5.88. The van der Waals surface area contributed by atoms with Gasteiger partial charge in [-0.3, -0.25) is 4.98 Å². The van der Waals surface area contributed by atoms with Crippen LogP contribution in [0.5, 0.6) is 5.75 Å². The monoisotopic (exact) mass is 239 g/mol. The molecular weight excluding hydrogens is 222 g/mol. The van der Waals surface area contributed by atoms with Gasteiger partial charge in [0.1, 0.15) is 5.75 Å². The molecule has 2 aromatic rings. The summed E-state index contributed by atoms with van der Waals surface area (Å²) >= 11 is 0. The van der Waals surface area contributed by atoms with Crippen LogP contribution in [0.3, 0.4) is 0 Å². The Morgan fingerprint density at radius 1 is 1.11 bits per heavy atom. The lowest BCUT2D eigenvalue weighted by Gasteiger charge is -2.21. The maximum atomic E-state index is 5.88. The second-order valence-corrected chi connectivity index (χ2v) is 4.81. The minimum atomic E-state index is 0.827. The molecule has 2 heteroatoms. The molecule has 0 bridgehead atoms. The molecule has 0 amide bonds. The summed E-state index contributed by atoms with van der Waals surface area (Å²) in [5, 5.41) is 0. The van der Waals surface area contributed by atoms with Crippen LogP contribution in [0, 0.1) is 13.8 Å². The molecule has 1 aromatic carbocycles. The molecule has 0 fully saturated rings. The lowest BCUT2D eigenvalue weighted by Crippen LogP contribution is -2.09. The molecule has 2 nitrogen and oxygen atoms in total. The van der Waals surface area contributed by atoms with E-state index in [9.17, 15) is 0 Å².